The molecular formula is C12H10O3. The number of carboxylic acid groups (broad SMARTS) is 1. The molecule has 15 heavy (non-hydrogen) atoms. The van der Waals surface area contributed by atoms with E-state index in [0.29, 0.717) is 16.9 Å². The zero-order chi connectivity index (χ0) is 10.8. The van der Waals surface area contributed by atoms with Crippen molar-refractivity contribution in [2.75, 3.05) is 0 Å². The topological polar surface area (TPSA) is 50.4 Å². The number of hydrogen-bond donors (Lipinski definition) is 1. The van der Waals surface area contributed by atoms with Gasteiger partial charge in [0.1, 0.15) is 5.76 Å². The first-order valence-electron chi connectivity index (χ1n) is 4.57. The molecule has 2 aromatic rings. The molecule has 0 aliphatic rings. The standard InChI is InChI=1S/C12H10O3/c1-8-4-2-5-9(11(8)12(13)14)10-6-3-7-15-10/h2-7H,1H3,(H,13,14). The van der Waals surface area contributed by atoms with Crippen LogP contribution in [-0.2, 0) is 0 Å². The van der Waals surface area contributed by atoms with Crippen LogP contribution in [0.15, 0.2) is 41.0 Å². The molecule has 1 N–H and O–H groups in total. The van der Waals surface area contributed by atoms with Gasteiger partial charge in [0.25, 0.3) is 0 Å². The van der Waals surface area contributed by atoms with Gasteiger partial charge >= 0.3 is 5.97 Å². The lowest BCUT2D eigenvalue weighted by Gasteiger charge is -2.05. The highest BCUT2D eigenvalue weighted by molar-refractivity contribution is 5.96. The van der Waals surface area contributed by atoms with Crippen molar-refractivity contribution >= 4 is 5.97 Å². The van der Waals surface area contributed by atoms with Gasteiger partial charge in [0.2, 0.25) is 0 Å². The number of carbonyl (C=O) groups is 1. The maximum absolute atomic E-state index is 11.1. The van der Waals surface area contributed by atoms with Crippen molar-refractivity contribution in [3.63, 3.8) is 0 Å². The van der Waals surface area contributed by atoms with Crippen LogP contribution >= 0.6 is 0 Å². The van der Waals surface area contributed by atoms with Gasteiger partial charge in [-0.1, -0.05) is 18.2 Å². The Hall–Kier alpha value is -2.03. The molecule has 0 bridgehead atoms. The van der Waals surface area contributed by atoms with E-state index in [-0.39, 0.29) is 0 Å². The van der Waals surface area contributed by atoms with Gasteiger partial charge in [-0.25, -0.2) is 4.79 Å². The summed E-state index contributed by atoms with van der Waals surface area (Å²) in [7, 11) is 0. The van der Waals surface area contributed by atoms with Crippen molar-refractivity contribution in [1.29, 1.82) is 0 Å². The molecule has 0 aliphatic heterocycles. The van der Waals surface area contributed by atoms with Crippen molar-refractivity contribution in [1.82, 2.24) is 0 Å². The van der Waals surface area contributed by atoms with Gasteiger partial charge in [0, 0.05) is 5.56 Å². The van der Waals surface area contributed by atoms with Gasteiger partial charge in [-0.3, -0.25) is 0 Å². The summed E-state index contributed by atoms with van der Waals surface area (Å²) < 4.78 is 5.20. The minimum absolute atomic E-state index is 0.299. The molecule has 0 spiro atoms. The van der Waals surface area contributed by atoms with Crippen LogP contribution in [0.2, 0.25) is 0 Å². The molecule has 0 radical (unpaired) electrons. The Morgan fingerprint density at radius 3 is 2.67 bits per heavy atom. The van der Waals surface area contributed by atoms with Gasteiger partial charge < -0.3 is 9.52 Å². The predicted octanol–water partition coefficient (Wildman–Crippen LogP) is 2.95. The molecule has 1 aromatic heterocycles. The maximum Gasteiger partial charge on any atom is 0.336 e. The van der Waals surface area contributed by atoms with Crippen molar-refractivity contribution in [2.24, 2.45) is 0 Å². The summed E-state index contributed by atoms with van der Waals surface area (Å²) in [6, 6.07) is 8.83. The molecule has 0 saturated heterocycles. The number of aryl methyl sites for hydroxylation is 1. The van der Waals surface area contributed by atoms with Crippen molar-refractivity contribution in [3.8, 4) is 11.3 Å². The van der Waals surface area contributed by atoms with Gasteiger partial charge in [-0.2, -0.15) is 0 Å². The molecule has 3 nitrogen and oxygen atoms in total. The normalized spacial score (nSPS) is 10.2. The van der Waals surface area contributed by atoms with E-state index in [1.165, 1.54) is 6.26 Å². The lowest BCUT2D eigenvalue weighted by atomic mass is 10.0. The fourth-order valence-corrected chi connectivity index (χ4v) is 1.59. The summed E-state index contributed by atoms with van der Waals surface area (Å²) in [5.74, 6) is -0.351. The molecule has 3 heteroatoms. The highest BCUT2D eigenvalue weighted by Crippen LogP contribution is 2.26. The van der Waals surface area contributed by atoms with E-state index in [4.69, 9.17) is 9.52 Å². The van der Waals surface area contributed by atoms with E-state index in [9.17, 15) is 4.79 Å². The Morgan fingerprint density at radius 1 is 1.27 bits per heavy atom. The number of hydrogen-bond acceptors (Lipinski definition) is 2. The second kappa shape index (κ2) is 3.61. The third kappa shape index (κ3) is 1.64. The molecule has 1 heterocycles. The summed E-state index contributed by atoms with van der Waals surface area (Å²) >= 11 is 0. The van der Waals surface area contributed by atoms with Crippen molar-refractivity contribution < 1.29 is 14.3 Å². The monoisotopic (exact) mass is 202 g/mol. The Bertz CT molecular complexity index is 484. The van der Waals surface area contributed by atoms with Crippen LogP contribution < -0.4 is 0 Å². The maximum atomic E-state index is 11.1. The van der Waals surface area contributed by atoms with Crippen LogP contribution in [0, 0.1) is 6.92 Å². The van der Waals surface area contributed by atoms with Gasteiger partial charge in [-0.15, -0.1) is 0 Å². The zero-order valence-corrected chi connectivity index (χ0v) is 8.23. The Kier molecular flexibility index (Phi) is 2.29. The molecule has 76 valence electrons. The summed E-state index contributed by atoms with van der Waals surface area (Å²) in [6.07, 6.45) is 1.53. The van der Waals surface area contributed by atoms with Crippen LogP contribution in [0.5, 0.6) is 0 Å². The smallest absolute Gasteiger partial charge is 0.336 e. The van der Waals surface area contributed by atoms with Gasteiger partial charge in [0.15, 0.2) is 0 Å². The van der Waals surface area contributed by atoms with E-state index >= 15 is 0 Å². The Labute approximate surface area is 87.0 Å². The molecule has 0 fully saturated rings. The van der Waals surface area contributed by atoms with Gasteiger partial charge in [0.05, 0.1) is 11.8 Å². The zero-order valence-electron chi connectivity index (χ0n) is 8.23. The second-order valence-corrected chi connectivity index (χ2v) is 3.28. The number of aromatic carboxylic acids is 1. The fourth-order valence-electron chi connectivity index (χ4n) is 1.59. The average Bonchev–Trinajstić information content (AvgIpc) is 2.69. The SMILES string of the molecule is Cc1cccc(-c2ccco2)c1C(=O)O. The quantitative estimate of drug-likeness (QED) is 0.814. The molecule has 0 aliphatic carbocycles. The molecule has 0 unspecified atom stereocenters. The summed E-state index contributed by atoms with van der Waals surface area (Å²) in [6.45, 7) is 1.77. The predicted molar refractivity (Wildman–Crippen MR) is 55.8 cm³/mol. The summed E-state index contributed by atoms with van der Waals surface area (Å²) in [4.78, 5) is 11.1. The minimum Gasteiger partial charge on any atom is -0.478 e. The van der Waals surface area contributed by atoms with Crippen LogP contribution in [-0.4, -0.2) is 11.1 Å². The summed E-state index contributed by atoms with van der Waals surface area (Å²) in [5.41, 5.74) is 1.65. The first-order chi connectivity index (χ1) is 7.20. The van der Waals surface area contributed by atoms with Crippen molar-refractivity contribution in [3.05, 3.63) is 47.7 Å². The first-order valence-corrected chi connectivity index (χ1v) is 4.57. The fraction of sp³-hybridized carbons (Fsp3) is 0.0833. The highest BCUT2D eigenvalue weighted by atomic mass is 16.4. The highest BCUT2D eigenvalue weighted by Gasteiger charge is 2.15. The molecule has 0 atom stereocenters. The lowest BCUT2D eigenvalue weighted by molar-refractivity contribution is 0.0697. The van der Waals surface area contributed by atoms with Crippen LogP contribution in [0.1, 0.15) is 15.9 Å². The average molecular weight is 202 g/mol. The summed E-state index contributed by atoms with van der Waals surface area (Å²) in [5, 5.41) is 9.10. The van der Waals surface area contributed by atoms with Crippen LogP contribution in [0.4, 0.5) is 0 Å². The van der Waals surface area contributed by atoms with E-state index < -0.39 is 5.97 Å². The molecular weight excluding hydrogens is 192 g/mol. The number of benzene rings is 1. The number of furan rings is 1. The largest absolute Gasteiger partial charge is 0.478 e. The minimum atomic E-state index is -0.931. The number of rotatable bonds is 2. The van der Waals surface area contributed by atoms with E-state index in [1.54, 1.807) is 31.2 Å². The molecule has 2 rings (SSSR count). The van der Waals surface area contributed by atoms with Crippen molar-refractivity contribution in [2.45, 2.75) is 6.92 Å². The van der Waals surface area contributed by atoms with E-state index in [0.717, 1.165) is 5.56 Å². The first kappa shape index (κ1) is 9.52. The molecule has 0 saturated carbocycles. The number of carboxylic acids is 1. The Morgan fingerprint density at radius 2 is 2.07 bits per heavy atom. The lowest BCUT2D eigenvalue weighted by Crippen LogP contribution is -2.02. The third-order valence-electron chi connectivity index (χ3n) is 2.27. The van der Waals surface area contributed by atoms with Gasteiger partial charge in [-0.05, 0) is 24.6 Å². The molecule has 1 aromatic carbocycles. The van der Waals surface area contributed by atoms with Crippen LogP contribution in [0.25, 0.3) is 11.3 Å². The van der Waals surface area contributed by atoms with Crippen LogP contribution in [0.3, 0.4) is 0 Å². The third-order valence-corrected chi connectivity index (χ3v) is 2.27. The Balaban J connectivity index is 2.66. The molecule has 0 amide bonds. The van der Waals surface area contributed by atoms with E-state index in [1.807, 2.05) is 6.07 Å². The second-order valence-electron chi connectivity index (χ2n) is 3.28. The van der Waals surface area contributed by atoms with E-state index in [2.05, 4.69) is 0 Å².